The van der Waals surface area contributed by atoms with E-state index in [1.807, 2.05) is 4.90 Å². The summed E-state index contributed by atoms with van der Waals surface area (Å²) < 4.78 is 38.1. The fourth-order valence-electron chi connectivity index (χ4n) is 3.03. The summed E-state index contributed by atoms with van der Waals surface area (Å²) in [5.41, 5.74) is 0.781. The lowest BCUT2D eigenvalue weighted by Crippen LogP contribution is -2.49. The Morgan fingerprint density at radius 3 is 2.28 bits per heavy atom. The minimum absolute atomic E-state index is 0.00116. The van der Waals surface area contributed by atoms with Gasteiger partial charge in [-0.3, -0.25) is 4.79 Å². The van der Waals surface area contributed by atoms with E-state index in [9.17, 15) is 17.6 Å². The van der Waals surface area contributed by atoms with Crippen LogP contribution in [0.4, 0.5) is 10.1 Å². The third-order valence-corrected chi connectivity index (χ3v) is 7.54. The molecule has 156 valence electrons. The first-order valence-corrected chi connectivity index (χ1v) is 11.1. The number of amides is 1. The molecule has 0 saturated carbocycles. The van der Waals surface area contributed by atoms with Crippen LogP contribution >= 0.6 is 11.6 Å². The Balaban J connectivity index is 1.67. The Morgan fingerprint density at radius 2 is 1.76 bits per heavy atom. The molecule has 9 heteroatoms. The molecule has 29 heavy (non-hydrogen) atoms. The molecule has 3 rings (SSSR count). The van der Waals surface area contributed by atoms with Gasteiger partial charge in [0.25, 0.3) is 5.91 Å². The van der Waals surface area contributed by atoms with Crippen molar-refractivity contribution in [1.29, 1.82) is 0 Å². The molecule has 0 bridgehead atoms. The number of carbonyl (C=O) groups excluding carboxylic acids is 1. The van der Waals surface area contributed by atoms with E-state index in [1.165, 1.54) is 24.4 Å². The van der Waals surface area contributed by atoms with Gasteiger partial charge in [0.15, 0.2) is 14.9 Å². The Morgan fingerprint density at radius 1 is 1.10 bits per heavy atom. The summed E-state index contributed by atoms with van der Waals surface area (Å²) in [5.74, 6) is -1.01. The van der Waals surface area contributed by atoms with Gasteiger partial charge in [-0.2, -0.15) is 0 Å². The number of piperazine rings is 1. The number of aromatic nitrogens is 1. The fraction of sp³-hybridized carbons (Fsp3) is 0.400. The van der Waals surface area contributed by atoms with Gasteiger partial charge >= 0.3 is 0 Å². The summed E-state index contributed by atoms with van der Waals surface area (Å²) >= 11 is 5.74. The fourth-order valence-corrected chi connectivity index (χ4v) is 4.26. The molecule has 0 unspecified atom stereocenters. The normalized spacial score (nSPS) is 15.5. The van der Waals surface area contributed by atoms with Crippen LogP contribution in [0.2, 0.25) is 5.02 Å². The van der Waals surface area contributed by atoms with Gasteiger partial charge in [-0.25, -0.2) is 17.8 Å². The Labute approximate surface area is 175 Å². The maximum absolute atomic E-state index is 14.0. The lowest BCUT2D eigenvalue weighted by Gasteiger charge is -2.36. The first kappa shape index (κ1) is 21.5. The molecule has 2 heterocycles. The summed E-state index contributed by atoms with van der Waals surface area (Å²) in [6, 6.07) is 7.25. The van der Waals surface area contributed by atoms with Crippen molar-refractivity contribution in [2.75, 3.05) is 31.1 Å². The van der Waals surface area contributed by atoms with Crippen LogP contribution in [0, 0.1) is 5.82 Å². The van der Waals surface area contributed by atoms with E-state index in [-0.39, 0.29) is 21.5 Å². The monoisotopic (exact) mass is 439 g/mol. The zero-order valence-electron chi connectivity index (χ0n) is 16.5. The van der Waals surface area contributed by atoms with Crippen LogP contribution in [-0.4, -0.2) is 55.1 Å². The van der Waals surface area contributed by atoms with Gasteiger partial charge in [0, 0.05) is 31.2 Å². The molecule has 1 saturated heterocycles. The molecule has 1 fully saturated rings. The maximum atomic E-state index is 14.0. The van der Waals surface area contributed by atoms with Crippen LogP contribution in [0.5, 0.6) is 0 Å². The predicted octanol–water partition coefficient (Wildman–Crippen LogP) is 3.41. The van der Waals surface area contributed by atoms with Gasteiger partial charge < -0.3 is 9.80 Å². The molecule has 0 spiro atoms. The lowest BCUT2D eigenvalue weighted by atomic mass is 10.1. The summed E-state index contributed by atoms with van der Waals surface area (Å²) in [6.07, 6.45) is 1.54. The number of sulfone groups is 1. The highest BCUT2D eigenvalue weighted by atomic mass is 35.5. The number of rotatable bonds is 3. The third-order valence-electron chi connectivity index (χ3n) is 4.90. The molecule has 1 aromatic carbocycles. The molecule has 2 aromatic rings. The standard InChI is InChI=1S/C20H23ClFN3O3S/c1-20(2,3)29(27,28)18-7-5-15(13-23-18)24-8-10-25(11-9-24)19(26)16-6-4-14(21)12-17(16)22/h4-7,12-13H,8-11H2,1-3H3. The molecule has 0 N–H and O–H groups in total. The van der Waals surface area contributed by atoms with Gasteiger partial charge in [0.05, 0.1) is 22.2 Å². The quantitative estimate of drug-likeness (QED) is 0.733. The van der Waals surface area contributed by atoms with Gasteiger partial charge in [0.1, 0.15) is 5.82 Å². The van der Waals surface area contributed by atoms with Crippen molar-refractivity contribution in [2.45, 2.75) is 30.5 Å². The molecule has 1 amide bonds. The molecule has 0 aliphatic carbocycles. The average molecular weight is 440 g/mol. The van der Waals surface area contributed by atoms with Crippen molar-refractivity contribution in [3.05, 3.63) is 52.9 Å². The number of hydrogen-bond acceptors (Lipinski definition) is 5. The highest BCUT2D eigenvalue weighted by Crippen LogP contribution is 2.25. The van der Waals surface area contributed by atoms with Crippen LogP contribution in [0.3, 0.4) is 0 Å². The Bertz CT molecular complexity index is 1010. The number of carbonyl (C=O) groups is 1. The van der Waals surface area contributed by atoms with E-state index in [0.717, 1.165) is 11.8 Å². The Kier molecular flexibility index (Phi) is 5.87. The van der Waals surface area contributed by atoms with Crippen LogP contribution in [-0.2, 0) is 9.84 Å². The van der Waals surface area contributed by atoms with Crippen LogP contribution < -0.4 is 4.90 Å². The summed E-state index contributed by atoms with van der Waals surface area (Å²) in [4.78, 5) is 20.3. The van der Waals surface area contributed by atoms with E-state index in [1.54, 1.807) is 31.7 Å². The third kappa shape index (κ3) is 4.38. The summed E-state index contributed by atoms with van der Waals surface area (Å²) in [7, 11) is -3.51. The average Bonchev–Trinajstić information content (AvgIpc) is 2.67. The molecule has 0 atom stereocenters. The number of nitrogens with zero attached hydrogens (tertiary/aromatic N) is 3. The number of anilines is 1. The van der Waals surface area contributed by atoms with Crippen LogP contribution in [0.15, 0.2) is 41.6 Å². The second kappa shape index (κ2) is 7.91. The van der Waals surface area contributed by atoms with Crippen molar-refractivity contribution in [2.24, 2.45) is 0 Å². The van der Waals surface area contributed by atoms with Crippen LogP contribution in [0.1, 0.15) is 31.1 Å². The van der Waals surface area contributed by atoms with E-state index < -0.39 is 20.4 Å². The topological polar surface area (TPSA) is 70.6 Å². The lowest BCUT2D eigenvalue weighted by molar-refractivity contribution is 0.0742. The summed E-state index contributed by atoms with van der Waals surface area (Å²) in [6.45, 7) is 6.82. The Hall–Kier alpha value is -2.19. The maximum Gasteiger partial charge on any atom is 0.256 e. The smallest absolute Gasteiger partial charge is 0.256 e. The minimum Gasteiger partial charge on any atom is -0.367 e. The van der Waals surface area contributed by atoms with E-state index in [0.29, 0.717) is 26.2 Å². The minimum atomic E-state index is -3.51. The van der Waals surface area contributed by atoms with Crippen molar-refractivity contribution in [1.82, 2.24) is 9.88 Å². The van der Waals surface area contributed by atoms with E-state index in [2.05, 4.69) is 4.98 Å². The van der Waals surface area contributed by atoms with Crippen molar-refractivity contribution in [3.8, 4) is 0 Å². The molecular formula is C20H23ClFN3O3S. The molecular weight excluding hydrogens is 417 g/mol. The van der Waals surface area contributed by atoms with Gasteiger partial charge in [-0.15, -0.1) is 0 Å². The number of hydrogen-bond donors (Lipinski definition) is 0. The van der Waals surface area contributed by atoms with Crippen molar-refractivity contribution in [3.63, 3.8) is 0 Å². The SMILES string of the molecule is CC(C)(C)S(=O)(=O)c1ccc(N2CCN(C(=O)c3ccc(Cl)cc3F)CC2)cn1. The zero-order chi connectivity index (χ0) is 21.4. The molecule has 1 aliphatic heterocycles. The van der Waals surface area contributed by atoms with Crippen molar-refractivity contribution < 1.29 is 17.6 Å². The van der Waals surface area contributed by atoms with Gasteiger partial charge in [-0.05, 0) is 51.1 Å². The number of pyridine rings is 1. The van der Waals surface area contributed by atoms with Crippen molar-refractivity contribution >= 4 is 33.0 Å². The number of benzene rings is 1. The highest BCUT2D eigenvalue weighted by Gasteiger charge is 2.32. The summed E-state index contributed by atoms with van der Waals surface area (Å²) in [5, 5.41) is 0.286. The second-order valence-corrected chi connectivity index (χ2v) is 11.0. The zero-order valence-corrected chi connectivity index (χ0v) is 18.1. The molecule has 1 aliphatic rings. The largest absolute Gasteiger partial charge is 0.367 e. The number of halogens is 2. The molecule has 6 nitrogen and oxygen atoms in total. The predicted molar refractivity (Wildman–Crippen MR) is 111 cm³/mol. The van der Waals surface area contributed by atoms with E-state index >= 15 is 0 Å². The van der Waals surface area contributed by atoms with Gasteiger partial charge in [-0.1, -0.05) is 11.6 Å². The highest BCUT2D eigenvalue weighted by molar-refractivity contribution is 7.92. The molecule has 1 aromatic heterocycles. The first-order valence-electron chi connectivity index (χ1n) is 9.20. The first-order chi connectivity index (χ1) is 13.5. The van der Waals surface area contributed by atoms with Gasteiger partial charge in [0.2, 0.25) is 0 Å². The second-order valence-electron chi connectivity index (χ2n) is 7.87. The van der Waals surface area contributed by atoms with Crippen LogP contribution in [0.25, 0.3) is 0 Å². The van der Waals surface area contributed by atoms with E-state index in [4.69, 9.17) is 11.6 Å². The molecule has 0 radical (unpaired) electrons.